The molecule has 1 aliphatic heterocycles. The Morgan fingerprint density at radius 2 is 1.71 bits per heavy atom. The third-order valence-corrected chi connectivity index (χ3v) is 6.57. The maximum absolute atomic E-state index is 6.00. The van der Waals surface area contributed by atoms with Crippen LogP contribution in [0.4, 0.5) is 17.6 Å². The Balaban J connectivity index is 1.42. The van der Waals surface area contributed by atoms with E-state index in [4.69, 9.17) is 10.7 Å². The smallest absolute Gasteiger partial charge is 0.222 e. The number of piperazine rings is 1. The fraction of sp³-hybridized carbons (Fsp3) is 0.458. The van der Waals surface area contributed by atoms with Crippen molar-refractivity contribution in [3.63, 3.8) is 0 Å². The minimum atomic E-state index is 0.316. The van der Waals surface area contributed by atoms with Gasteiger partial charge in [0.15, 0.2) is 0 Å². The van der Waals surface area contributed by atoms with Crippen LogP contribution in [0.3, 0.4) is 0 Å². The number of hydrogen-bond acceptors (Lipinski definition) is 7. The number of fused-ring (bicyclic) bond motifs is 1. The Labute approximate surface area is 183 Å². The van der Waals surface area contributed by atoms with Gasteiger partial charge in [0.05, 0.1) is 5.52 Å². The minimum absolute atomic E-state index is 0.316. The lowest BCUT2D eigenvalue weighted by atomic mass is 9.95. The van der Waals surface area contributed by atoms with Gasteiger partial charge >= 0.3 is 0 Å². The first kappa shape index (κ1) is 20.0. The van der Waals surface area contributed by atoms with E-state index in [1.165, 1.54) is 32.1 Å². The van der Waals surface area contributed by atoms with Gasteiger partial charge in [-0.05, 0) is 49.7 Å². The average molecular weight is 418 g/mol. The maximum atomic E-state index is 6.00. The first-order chi connectivity index (χ1) is 15.2. The van der Waals surface area contributed by atoms with E-state index in [2.05, 4.69) is 56.4 Å². The van der Waals surface area contributed by atoms with E-state index < -0.39 is 0 Å². The number of anilines is 3. The lowest BCUT2D eigenvalue weighted by Crippen LogP contribution is -2.44. The summed E-state index contributed by atoms with van der Waals surface area (Å²) in [6.45, 7) is 4.20. The van der Waals surface area contributed by atoms with Gasteiger partial charge < -0.3 is 20.9 Å². The van der Waals surface area contributed by atoms with Crippen LogP contribution in [0.1, 0.15) is 32.1 Å². The number of likely N-dealkylation sites (N-methyl/N-ethyl adjacent to an activating group) is 1. The van der Waals surface area contributed by atoms with Crippen LogP contribution < -0.4 is 16.0 Å². The van der Waals surface area contributed by atoms with Crippen LogP contribution in [0.25, 0.3) is 22.0 Å². The lowest BCUT2D eigenvalue weighted by molar-refractivity contribution is 0.312. The van der Waals surface area contributed by atoms with Crippen LogP contribution in [0.5, 0.6) is 0 Å². The van der Waals surface area contributed by atoms with Gasteiger partial charge in [-0.15, -0.1) is 0 Å². The number of aromatic nitrogens is 3. The van der Waals surface area contributed by atoms with Crippen LogP contribution in [0.15, 0.2) is 36.5 Å². The van der Waals surface area contributed by atoms with Gasteiger partial charge in [0.1, 0.15) is 11.6 Å². The summed E-state index contributed by atoms with van der Waals surface area (Å²) in [5.74, 6) is 2.21. The number of nitrogen functional groups attached to an aromatic ring is 1. The fourth-order valence-electron chi connectivity index (χ4n) is 4.66. The SMILES string of the molecule is CN1CCN(c2ccc(-c3ccc4nc(N)nc(NC5CCCCC5)c4c3)cn2)CC1. The normalized spacial score (nSPS) is 18.4. The molecule has 2 aliphatic rings. The summed E-state index contributed by atoms with van der Waals surface area (Å²) in [5.41, 5.74) is 9.08. The molecule has 162 valence electrons. The minimum Gasteiger partial charge on any atom is -0.368 e. The van der Waals surface area contributed by atoms with Crippen molar-refractivity contribution in [2.45, 2.75) is 38.1 Å². The molecule has 3 heterocycles. The highest BCUT2D eigenvalue weighted by molar-refractivity contribution is 5.93. The van der Waals surface area contributed by atoms with E-state index >= 15 is 0 Å². The predicted molar refractivity (Wildman–Crippen MR) is 127 cm³/mol. The molecular formula is C24H31N7. The standard InChI is InChI=1S/C24H31N7/c1-30-11-13-31(14-12-30)22-10-8-18(16-26-22)17-7-9-21-20(15-17)23(29-24(25)28-21)27-19-5-3-2-4-6-19/h7-10,15-16,19H,2-6,11-14H2,1H3,(H3,25,27,28,29). The molecule has 5 rings (SSSR count). The van der Waals surface area contributed by atoms with Crippen LogP contribution in [-0.4, -0.2) is 59.1 Å². The van der Waals surface area contributed by atoms with Crippen molar-refractivity contribution >= 4 is 28.5 Å². The van der Waals surface area contributed by atoms with Crippen molar-refractivity contribution < 1.29 is 0 Å². The Morgan fingerprint density at radius 3 is 2.45 bits per heavy atom. The van der Waals surface area contributed by atoms with Crippen LogP contribution in [0, 0.1) is 0 Å². The molecule has 1 saturated carbocycles. The molecule has 1 aromatic carbocycles. The molecule has 1 saturated heterocycles. The van der Waals surface area contributed by atoms with Gasteiger partial charge in [0.2, 0.25) is 5.95 Å². The topological polar surface area (TPSA) is 83.2 Å². The summed E-state index contributed by atoms with van der Waals surface area (Å²) in [6.07, 6.45) is 8.21. The van der Waals surface area contributed by atoms with E-state index in [1.54, 1.807) is 0 Å². The van der Waals surface area contributed by atoms with E-state index in [9.17, 15) is 0 Å². The Hall–Kier alpha value is -2.93. The maximum Gasteiger partial charge on any atom is 0.222 e. The molecule has 7 heteroatoms. The first-order valence-corrected chi connectivity index (χ1v) is 11.4. The monoisotopic (exact) mass is 417 g/mol. The Kier molecular flexibility index (Phi) is 5.59. The quantitative estimate of drug-likeness (QED) is 0.668. The molecular weight excluding hydrogens is 386 g/mol. The van der Waals surface area contributed by atoms with Gasteiger partial charge in [-0.2, -0.15) is 4.98 Å². The Bertz CT molecular complexity index is 1040. The molecule has 2 fully saturated rings. The summed E-state index contributed by atoms with van der Waals surface area (Å²) in [5, 5.41) is 4.66. The van der Waals surface area contributed by atoms with Crippen LogP contribution in [0.2, 0.25) is 0 Å². The largest absolute Gasteiger partial charge is 0.368 e. The first-order valence-electron chi connectivity index (χ1n) is 11.4. The van der Waals surface area contributed by atoms with Gasteiger partial charge in [-0.1, -0.05) is 25.3 Å². The van der Waals surface area contributed by atoms with Gasteiger partial charge in [-0.3, -0.25) is 0 Å². The number of benzene rings is 1. The summed E-state index contributed by atoms with van der Waals surface area (Å²) < 4.78 is 0. The summed E-state index contributed by atoms with van der Waals surface area (Å²) in [6, 6.07) is 11.0. The van der Waals surface area contributed by atoms with Gasteiger partial charge in [0.25, 0.3) is 0 Å². The Morgan fingerprint density at radius 1 is 0.935 bits per heavy atom. The molecule has 0 radical (unpaired) electrons. The van der Waals surface area contributed by atoms with Crippen molar-refractivity contribution in [3.8, 4) is 11.1 Å². The fourth-order valence-corrected chi connectivity index (χ4v) is 4.66. The third kappa shape index (κ3) is 4.42. The van der Waals surface area contributed by atoms with Crippen LogP contribution in [-0.2, 0) is 0 Å². The van der Waals surface area contributed by atoms with Crippen molar-refractivity contribution in [1.82, 2.24) is 19.9 Å². The summed E-state index contributed by atoms with van der Waals surface area (Å²) in [7, 11) is 2.17. The number of pyridine rings is 1. The number of nitrogens with two attached hydrogens (primary N) is 1. The number of nitrogens with zero attached hydrogens (tertiary/aromatic N) is 5. The van der Waals surface area contributed by atoms with Crippen molar-refractivity contribution in [1.29, 1.82) is 0 Å². The molecule has 2 aromatic heterocycles. The molecule has 0 unspecified atom stereocenters. The van der Waals surface area contributed by atoms with Crippen molar-refractivity contribution in [2.24, 2.45) is 0 Å². The zero-order valence-corrected chi connectivity index (χ0v) is 18.2. The van der Waals surface area contributed by atoms with Gasteiger partial charge in [-0.25, -0.2) is 9.97 Å². The zero-order chi connectivity index (χ0) is 21.2. The van der Waals surface area contributed by atoms with E-state index in [0.717, 1.165) is 59.8 Å². The second-order valence-electron chi connectivity index (χ2n) is 8.84. The van der Waals surface area contributed by atoms with Crippen molar-refractivity contribution in [3.05, 3.63) is 36.5 Å². The molecule has 3 aromatic rings. The second kappa shape index (κ2) is 8.67. The lowest BCUT2D eigenvalue weighted by Gasteiger charge is -2.33. The van der Waals surface area contributed by atoms with Crippen molar-refractivity contribution in [2.75, 3.05) is 49.2 Å². The molecule has 0 atom stereocenters. The molecule has 3 N–H and O–H groups in total. The molecule has 0 bridgehead atoms. The number of nitrogens with one attached hydrogen (secondary N) is 1. The molecule has 0 spiro atoms. The highest BCUT2D eigenvalue weighted by Gasteiger charge is 2.17. The van der Waals surface area contributed by atoms with E-state index in [0.29, 0.717) is 12.0 Å². The number of rotatable bonds is 4. The highest BCUT2D eigenvalue weighted by atomic mass is 15.3. The summed E-state index contributed by atoms with van der Waals surface area (Å²) >= 11 is 0. The average Bonchev–Trinajstić information content (AvgIpc) is 2.80. The second-order valence-corrected chi connectivity index (χ2v) is 8.84. The van der Waals surface area contributed by atoms with E-state index in [1.807, 2.05) is 12.3 Å². The molecule has 0 amide bonds. The van der Waals surface area contributed by atoms with E-state index in [-0.39, 0.29) is 0 Å². The molecule has 31 heavy (non-hydrogen) atoms. The number of hydrogen-bond donors (Lipinski definition) is 2. The van der Waals surface area contributed by atoms with Crippen LogP contribution >= 0.6 is 0 Å². The molecule has 7 nitrogen and oxygen atoms in total. The highest BCUT2D eigenvalue weighted by Crippen LogP contribution is 2.30. The third-order valence-electron chi connectivity index (χ3n) is 6.57. The van der Waals surface area contributed by atoms with Gasteiger partial charge in [0, 0.05) is 49.4 Å². The summed E-state index contributed by atoms with van der Waals surface area (Å²) in [4.78, 5) is 18.5. The molecule has 1 aliphatic carbocycles. The predicted octanol–water partition coefficient (Wildman–Crippen LogP) is 3.77. The zero-order valence-electron chi connectivity index (χ0n) is 18.2.